The fourth-order valence-corrected chi connectivity index (χ4v) is 4.57. The second-order valence-corrected chi connectivity index (χ2v) is 6.96. The molecule has 0 bridgehead atoms. The first-order valence-corrected chi connectivity index (χ1v) is 9.01. The molecule has 1 N–H and O–H groups in total. The molecule has 0 aliphatic heterocycles. The van der Waals surface area contributed by atoms with Crippen molar-refractivity contribution in [3.63, 3.8) is 0 Å². The van der Waals surface area contributed by atoms with Gasteiger partial charge < -0.3 is 5.32 Å². The molecule has 0 saturated heterocycles. The third-order valence-corrected chi connectivity index (χ3v) is 5.71. The van der Waals surface area contributed by atoms with Gasteiger partial charge in [-0.05, 0) is 58.6 Å². The van der Waals surface area contributed by atoms with Crippen LogP contribution in [0, 0.1) is 5.92 Å². The Balaban J connectivity index is 2.10. The molecular weight excluding hydrogens is 306 g/mol. The molecule has 0 aromatic carbocycles. The Morgan fingerprint density at radius 3 is 2.56 bits per heavy atom. The molecule has 1 atom stereocenters. The lowest BCUT2D eigenvalue weighted by atomic mass is 9.88. The zero-order valence-electron chi connectivity index (χ0n) is 11.3. The van der Waals surface area contributed by atoms with Crippen LogP contribution in [0.25, 0.3) is 0 Å². The normalized spacial score (nSPS) is 19.7. The summed E-state index contributed by atoms with van der Waals surface area (Å²) in [6, 6.07) is 0.559. The van der Waals surface area contributed by atoms with Crippen LogP contribution in [-0.2, 0) is 0 Å². The number of rotatable bonds is 5. The van der Waals surface area contributed by atoms with E-state index in [1.165, 1.54) is 55.0 Å². The van der Waals surface area contributed by atoms with Gasteiger partial charge in [0.15, 0.2) is 0 Å². The SMILES string of the molecule is CCCNC(c1cscc1Br)C1CCCCCC1. The first-order chi connectivity index (χ1) is 8.83. The maximum absolute atomic E-state index is 3.79. The molecule has 1 aromatic heterocycles. The molecule has 1 heterocycles. The van der Waals surface area contributed by atoms with E-state index in [4.69, 9.17) is 0 Å². The Hall–Kier alpha value is 0.140. The number of hydrogen-bond donors (Lipinski definition) is 1. The van der Waals surface area contributed by atoms with Gasteiger partial charge >= 0.3 is 0 Å². The predicted molar refractivity (Wildman–Crippen MR) is 84.2 cm³/mol. The average molecular weight is 330 g/mol. The van der Waals surface area contributed by atoms with Gasteiger partial charge in [0, 0.05) is 15.9 Å². The van der Waals surface area contributed by atoms with Crippen LogP contribution in [0.2, 0.25) is 0 Å². The van der Waals surface area contributed by atoms with Gasteiger partial charge in [-0.15, -0.1) is 0 Å². The first kappa shape index (κ1) is 14.5. The number of nitrogens with one attached hydrogen (secondary N) is 1. The summed E-state index contributed by atoms with van der Waals surface area (Å²) < 4.78 is 1.30. The molecule has 1 aromatic rings. The lowest BCUT2D eigenvalue weighted by Gasteiger charge is -2.27. The standard InChI is InChI=1S/C15H24BrNS/c1-2-9-17-15(13-10-18-11-14(13)16)12-7-5-3-4-6-8-12/h10-12,15,17H,2-9H2,1H3. The summed E-state index contributed by atoms with van der Waals surface area (Å²) in [6.07, 6.45) is 9.69. The van der Waals surface area contributed by atoms with Gasteiger partial charge in [0.2, 0.25) is 0 Å². The minimum atomic E-state index is 0.559. The third-order valence-electron chi connectivity index (χ3n) is 3.96. The predicted octanol–water partition coefficient (Wildman–Crippen LogP) is 5.52. The second-order valence-electron chi connectivity index (χ2n) is 5.36. The highest BCUT2D eigenvalue weighted by Gasteiger charge is 2.25. The summed E-state index contributed by atoms with van der Waals surface area (Å²) in [4.78, 5) is 0. The van der Waals surface area contributed by atoms with Crippen molar-refractivity contribution in [3.05, 3.63) is 20.8 Å². The zero-order chi connectivity index (χ0) is 12.8. The van der Waals surface area contributed by atoms with E-state index in [0.29, 0.717) is 6.04 Å². The first-order valence-electron chi connectivity index (χ1n) is 7.28. The Morgan fingerprint density at radius 1 is 1.28 bits per heavy atom. The number of halogens is 1. The lowest BCUT2D eigenvalue weighted by molar-refractivity contribution is 0.325. The smallest absolute Gasteiger partial charge is 0.0368 e. The van der Waals surface area contributed by atoms with Crippen molar-refractivity contribution in [1.82, 2.24) is 5.32 Å². The van der Waals surface area contributed by atoms with Crippen molar-refractivity contribution in [1.29, 1.82) is 0 Å². The average Bonchev–Trinajstić information content (AvgIpc) is 2.65. The molecule has 0 radical (unpaired) electrons. The molecule has 3 heteroatoms. The van der Waals surface area contributed by atoms with E-state index in [0.717, 1.165) is 12.5 Å². The van der Waals surface area contributed by atoms with Crippen LogP contribution in [0.15, 0.2) is 15.2 Å². The minimum absolute atomic E-state index is 0.559. The highest BCUT2D eigenvalue weighted by atomic mass is 79.9. The summed E-state index contributed by atoms with van der Waals surface area (Å²) in [6.45, 7) is 3.38. The van der Waals surface area contributed by atoms with E-state index in [1.54, 1.807) is 0 Å². The van der Waals surface area contributed by atoms with Crippen molar-refractivity contribution in [2.24, 2.45) is 5.92 Å². The maximum Gasteiger partial charge on any atom is 0.0368 e. The van der Waals surface area contributed by atoms with E-state index in [1.807, 2.05) is 11.3 Å². The highest BCUT2D eigenvalue weighted by Crippen LogP contribution is 2.37. The molecule has 102 valence electrons. The summed E-state index contributed by atoms with van der Waals surface area (Å²) in [5, 5.41) is 8.32. The summed E-state index contributed by atoms with van der Waals surface area (Å²) in [7, 11) is 0. The molecule has 1 nitrogen and oxygen atoms in total. The zero-order valence-corrected chi connectivity index (χ0v) is 13.7. The molecular formula is C15H24BrNS. The monoisotopic (exact) mass is 329 g/mol. The van der Waals surface area contributed by atoms with Gasteiger partial charge in [-0.3, -0.25) is 0 Å². The van der Waals surface area contributed by atoms with Gasteiger partial charge in [0.1, 0.15) is 0 Å². The van der Waals surface area contributed by atoms with Crippen LogP contribution in [0.3, 0.4) is 0 Å². The number of thiophene rings is 1. The molecule has 1 saturated carbocycles. The molecule has 0 spiro atoms. The maximum atomic E-state index is 3.79. The highest BCUT2D eigenvalue weighted by molar-refractivity contribution is 9.10. The Kier molecular flexibility index (Phi) is 6.19. The van der Waals surface area contributed by atoms with Gasteiger partial charge in [0.05, 0.1) is 0 Å². The quantitative estimate of drug-likeness (QED) is 0.701. The molecule has 1 unspecified atom stereocenters. The summed E-state index contributed by atoms with van der Waals surface area (Å²) >= 11 is 5.53. The lowest BCUT2D eigenvalue weighted by Crippen LogP contribution is -2.28. The van der Waals surface area contributed by atoms with E-state index < -0.39 is 0 Å². The second kappa shape index (κ2) is 7.66. The topological polar surface area (TPSA) is 12.0 Å². The van der Waals surface area contributed by atoms with Crippen molar-refractivity contribution < 1.29 is 0 Å². The largest absolute Gasteiger partial charge is 0.310 e. The van der Waals surface area contributed by atoms with Gasteiger partial charge in [-0.2, -0.15) is 11.3 Å². The Labute approximate surface area is 123 Å². The molecule has 1 aliphatic rings. The third kappa shape index (κ3) is 3.82. The van der Waals surface area contributed by atoms with Crippen molar-refractivity contribution in [2.45, 2.75) is 57.9 Å². The van der Waals surface area contributed by atoms with E-state index in [2.05, 4.69) is 38.9 Å². The molecule has 2 rings (SSSR count). The minimum Gasteiger partial charge on any atom is -0.310 e. The van der Waals surface area contributed by atoms with Crippen LogP contribution >= 0.6 is 27.3 Å². The van der Waals surface area contributed by atoms with E-state index in [9.17, 15) is 0 Å². The van der Waals surface area contributed by atoms with Crippen LogP contribution in [0.5, 0.6) is 0 Å². The number of hydrogen-bond acceptors (Lipinski definition) is 2. The van der Waals surface area contributed by atoms with E-state index >= 15 is 0 Å². The Bertz CT molecular complexity index is 342. The van der Waals surface area contributed by atoms with Crippen molar-refractivity contribution in [2.75, 3.05) is 6.54 Å². The molecule has 0 amide bonds. The van der Waals surface area contributed by atoms with Crippen molar-refractivity contribution >= 4 is 27.3 Å². The van der Waals surface area contributed by atoms with Crippen molar-refractivity contribution in [3.8, 4) is 0 Å². The summed E-state index contributed by atoms with van der Waals surface area (Å²) in [5.41, 5.74) is 1.49. The fraction of sp³-hybridized carbons (Fsp3) is 0.733. The molecule has 18 heavy (non-hydrogen) atoms. The molecule has 1 aliphatic carbocycles. The van der Waals surface area contributed by atoms with Crippen LogP contribution in [0.1, 0.15) is 63.5 Å². The van der Waals surface area contributed by atoms with Crippen LogP contribution < -0.4 is 5.32 Å². The fourth-order valence-electron chi connectivity index (χ4n) is 2.99. The van der Waals surface area contributed by atoms with Crippen LogP contribution in [0.4, 0.5) is 0 Å². The summed E-state index contributed by atoms with van der Waals surface area (Å²) in [5.74, 6) is 0.824. The van der Waals surface area contributed by atoms with E-state index in [-0.39, 0.29) is 0 Å². The molecule has 1 fully saturated rings. The van der Waals surface area contributed by atoms with Gasteiger partial charge in [0.25, 0.3) is 0 Å². The van der Waals surface area contributed by atoms with Gasteiger partial charge in [-0.25, -0.2) is 0 Å². The van der Waals surface area contributed by atoms with Crippen LogP contribution in [-0.4, -0.2) is 6.54 Å². The Morgan fingerprint density at radius 2 is 2.00 bits per heavy atom. The van der Waals surface area contributed by atoms with Gasteiger partial charge in [-0.1, -0.05) is 32.6 Å².